The smallest absolute Gasteiger partial charge is 0.322 e. The maximum Gasteiger partial charge on any atom is 0.322 e. The van der Waals surface area contributed by atoms with Gasteiger partial charge in [-0.1, -0.05) is 0 Å². The third kappa shape index (κ3) is 12.2. The van der Waals surface area contributed by atoms with Crippen molar-refractivity contribution in [3.63, 3.8) is 0 Å². The van der Waals surface area contributed by atoms with Crippen molar-refractivity contribution in [3.8, 4) is 0 Å². The molecule has 2 unspecified atom stereocenters. The molecule has 7 nitrogen and oxygen atoms in total. The fraction of sp³-hybridized carbons (Fsp3) is 1.00. The van der Waals surface area contributed by atoms with Crippen LogP contribution in [0.2, 0.25) is 45.3 Å². The van der Waals surface area contributed by atoms with Crippen LogP contribution in [-0.4, -0.2) is 83.9 Å². The summed E-state index contributed by atoms with van der Waals surface area (Å²) in [6.45, 7) is 18.3. The van der Waals surface area contributed by atoms with Gasteiger partial charge in [0, 0.05) is 19.8 Å². The third-order valence-electron chi connectivity index (χ3n) is 4.38. The zero-order valence-electron chi connectivity index (χ0n) is 18.6. The minimum Gasteiger partial charge on any atom is -0.436 e. The summed E-state index contributed by atoms with van der Waals surface area (Å²) in [7, 11) is -6.25. The average molecular weight is 453 g/mol. The van der Waals surface area contributed by atoms with Crippen LogP contribution in [0.3, 0.4) is 0 Å². The molecule has 0 saturated carbocycles. The van der Waals surface area contributed by atoms with Gasteiger partial charge in [-0.2, -0.15) is 0 Å². The van der Waals surface area contributed by atoms with Crippen LogP contribution in [0.25, 0.3) is 0 Å². The highest BCUT2D eigenvalue weighted by Crippen LogP contribution is 2.24. The first-order valence-corrected chi connectivity index (χ1v) is 19.2. The summed E-state index contributed by atoms with van der Waals surface area (Å²) in [4.78, 5) is 0. The molecule has 2 rings (SSSR count). The fourth-order valence-electron chi connectivity index (χ4n) is 3.20. The van der Waals surface area contributed by atoms with E-state index in [9.17, 15) is 0 Å². The Labute approximate surface area is 173 Å². The van der Waals surface area contributed by atoms with Gasteiger partial charge in [0.2, 0.25) is 0 Å². The molecule has 0 bridgehead atoms. The monoisotopic (exact) mass is 452 g/mol. The Hall–Kier alpha value is 0.371. The topological polar surface area (TPSA) is 71.2 Å². The lowest BCUT2D eigenvalue weighted by molar-refractivity contribution is 0.100. The molecule has 2 saturated heterocycles. The van der Waals surface area contributed by atoms with Gasteiger partial charge in [-0.05, 0) is 58.2 Å². The van der Waals surface area contributed by atoms with Gasteiger partial charge in [0.15, 0.2) is 8.32 Å². The predicted molar refractivity (Wildman–Crippen MR) is 116 cm³/mol. The number of hydrogen-bond donors (Lipinski definition) is 0. The van der Waals surface area contributed by atoms with Crippen molar-refractivity contribution in [2.24, 2.45) is 0 Å². The van der Waals surface area contributed by atoms with Gasteiger partial charge in [-0.3, -0.25) is 0 Å². The molecule has 0 radical (unpaired) electrons. The Balaban J connectivity index is 1.58. The van der Waals surface area contributed by atoms with Crippen molar-refractivity contribution in [2.75, 3.05) is 46.2 Å². The zero-order valence-corrected chi connectivity index (χ0v) is 21.6. The second-order valence-electron chi connectivity index (χ2n) is 9.13. The summed E-state index contributed by atoms with van der Waals surface area (Å²) < 4.78 is 40.6. The second-order valence-corrected chi connectivity index (χ2v) is 20.7. The highest BCUT2D eigenvalue weighted by atomic mass is 28.5. The molecule has 2 atom stereocenters. The molecule has 2 heterocycles. The van der Waals surface area contributed by atoms with Crippen molar-refractivity contribution in [1.29, 1.82) is 0 Å². The van der Waals surface area contributed by atoms with Crippen molar-refractivity contribution in [3.05, 3.63) is 0 Å². The summed E-state index contributed by atoms with van der Waals surface area (Å²) in [5.41, 5.74) is 0. The van der Waals surface area contributed by atoms with E-state index in [1.807, 2.05) is 0 Å². The second kappa shape index (κ2) is 11.1. The summed E-state index contributed by atoms with van der Waals surface area (Å²) in [5.74, 6) is 0. The summed E-state index contributed by atoms with van der Waals surface area (Å²) in [6, 6.07) is 1.07. The molecule has 0 aromatic carbocycles. The van der Waals surface area contributed by atoms with Gasteiger partial charge in [-0.15, -0.1) is 0 Å². The molecule has 10 heteroatoms. The van der Waals surface area contributed by atoms with Crippen LogP contribution in [-0.2, 0) is 31.6 Å². The Morgan fingerprint density at radius 1 is 0.714 bits per heavy atom. The highest BCUT2D eigenvalue weighted by molar-refractivity contribution is 6.86. The van der Waals surface area contributed by atoms with Crippen molar-refractivity contribution in [2.45, 2.75) is 70.4 Å². The van der Waals surface area contributed by atoms with Crippen molar-refractivity contribution >= 4 is 25.4 Å². The summed E-state index contributed by atoms with van der Waals surface area (Å²) >= 11 is 0. The molecule has 0 aromatic rings. The Morgan fingerprint density at radius 3 is 1.79 bits per heavy atom. The molecule has 2 aliphatic heterocycles. The average Bonchev–Trinajstić information content (AvgIpc) is 3.41. The van der Waals surface area contributed by atoms with E-state index >= 15 is 0 Å². The van der Waals surface area contributed by atoms with E-state index in [0.717, 1.165) is 45.3 Å². The number of ether oxygens (including phenoxy) is 4. The molecule has 0 spiro atoms. The van der Waals surface area contributed by atoms with E-state index in [1.165, 1.54) is 0 Å². The van der Waals surface area contributed by atoms with Crippen LogP contribution in [0, 0.1) is 0 Å². The van der Waals surface area contributed by atoms with E-state index in [1.54, 1.807) is 0 Å². The van der Waals surface area contributed by atoms with Crippen LogP contribution in [0.15, 0.2) is 0 Å². The van der Waals surface area contributed by atoms with Gasteiger partial charge in [-0.25, -0.2) is 0 Å². The molecular formula is C18H40O7Si3. The van der Waals surface area contributed by atoms with Gasteiger partial charge < -0.3 is 31.6 Å². The van der Waals surface area contributed by atoms with E-state index in [4.69, 9.17) is 31.6 Å². The molecule has 0 N–H and O–H groups in total. The van der Waals surface area contributed by atoms with Crippen molar-refractivity contribution in [1.82, 2.24) is 0 Å². The SMILES string of the molecule is C[Si](C)(CCCOCC1CO1)O[Si](C)(C)O[Si](C)(C)OCCCOCC1CO1. The minimum absolute atomic E-state index is 0.324. The van der Waals surface area contributed by atoms with Gasteiger partial charge >= 0.3 is 17.1 Å². The normalized spacial score (nSPS) is 22.5. The number of hydrogen-bond acceptors (Lipinski definition) is 7. The van der Waals surface area contributed by atoms with Crippen LogP contribution < -0.4 is 0 Å². The number of epoxide rings is 2. The quantitative estimate of drug-likeness (QED) is 0.190. The predicted octanol–water partition coefficient (Wildman–Crippen LogP) is 3.26. The molecule has 0 aliphatic carbocycles. The third-order valence-corrected chi connectivity index (χ3v) is 14.9. The first kappa shape index (κ1) is 24.6. The molecular weight excluding hydrogens is 412 g/mol. The number of rotatable bonds is 17. The van der Waals surface area contributed by atoms with Crippen LogP contribution >= 0.6 is 0 Å². The maximum absolute atomic E-state index is 6.57. The Kier molecular flexibility index (Phi) is 9.79. The largest absolute Gasteiger partial charge is 0.436 e. The van der Waals surface area contributed by atoms with Gasteiger partial charge in [0.25, 0.3) is 0 Å². The van der Waals surface area contributed by atoms with Crippen molar-refractivity contribution < 1.29 is 31.6 Å². The molecule has 2 fully saturated rings. The van der Waals surface area contributed by atoms with Gasteiger partial charge in [0.05, 0.1) is 26.4 Å². The fourth-order valence-corrected chi connectivity index (χ4v) is 16.1. The lowest BCUT2D eigenvalue weighted by Gasteiger charge is -2.38. The van der Waals surface area contributed by atoms with Crippen LogP contribution in [0.5, 0.6) is 0 Å². The molecule has 28 heavy (non-hydrogen) atoms. The van der Waals surface area contributed by atoms with E-state index in [2.05, 4.69) is 39.3 Å². The van der Waals surface area contributed by atoms with Crippen LogP contribution in [0.1, 0.15) is 12.8 Å². The maximum atomic E-state index is 6.57. The first-order chi connectivity index (χ1) is 13.1. The lowest BCUT2D eigenvalue weighted by Crippen LogP contribution is -2.53. The molecule has 2 aliphatic rings. The first-order valence-electron chi connectivity index (χ1n) is 10.5. The Bertz CT molecular complexity index is 454. The van der Waals surface area contributed by atoms with E-state index < -0.39 is 25.4 Å². The summed E-state index contributed by atoms with van der Waals surface area (Å²) in [5, 5.41) is 0. The van der Waals surface area contributed by atoms with E-state index in [0.29, 0.717) is 32.0 Å². The Morgan fingerprint density at radius 2 is 1.25 bits per heavy atom. The molecule has 166 valence electrons. The highest BCUT2D eigenvalue weighted by Gasteiger charge is 2.40. The lowest BCUT2D eigenvalue weighted by atomic mass is 10.5. The van der Waals surface area contributed by atoms with E-state index in [-0.39, 0.29) is 0 Å². The molecule has 0 amide bonds. The molecule has 0 aromatic heterocycles. The standard InChI is InChI=1S/C18H40O7Si3/c1-26(2,12-8-10-20-14-18-16-22-18)24-28(5,6)25-27(3,4)23-11-7-9-19-13-17-15-21-17/h17-18H,7-16H2,1-6H3. The zero-order chi connectivity index (χ0) is 20.7. The summed E-state index contributed by atoms with van der Waals surface area (Å²) in [6.07, 6.45) is 2.57. The van der Waals surface area contributed by atoms with Gasteiger partial charge in [0.1, 0.15) is 12.2 Å². The van der Waals surface area contributed by atoms with Crippen LogP contribution in [0.4, 0.5) is 0 Å². The minimum atomic E-state index is -2.24.